The number of benzene rings is 2. The van der Waals surface area contributed by atoms with Gasteiger partial charge in [0.25, 0.3) is 0 Å². The summed E-state index contributed by atoms with van der Waals surface area (Å²) in [7, 11) is 0. The van der Waals surface area contributed by atoms with Crippen LogP contribution in [0.3, 0.4) is 0 Å². The number of halogens is 1. The second-order valence-corrected chi connectivity index (χ2v) is 5.20. The summed E-state index contributed by atoms with van der Waals surface area (Å²) in [5, 5.41) is 7.62. The zero-order valence-corrected chi connectivity index (χ0v) is 12.5. The molecule has 0 unspecified atom stereocenters. The fourth-order valence-corrected chi connectivity index (χ4v) is 2.40. The van der Waals surface area contributed by atoms with E-state index in [-0.39, 0.29) is 11.8 Å². The van der Waals surface area contributed by atoms with Crippen molar-refractivity contribution in [1.82, 2.24) is 19.6 Å². The van der Waals surface area contributed by atoms with E-state index in [0.717, 1.165) is 11.3 Å². The fraction of sp³-hybridized carbons (Fsp3) is 0. The topological polar surface area (TPSA) is 81.1 Å². The molecule has 0 saturated heterocycles. The molecule has 24 heavy (non-hydrogen) atoms. The van der Waals surface area contributed by atoms with E-state index in [1.807, 2.05) is 36.4 Å². The number of nitrogens with zero attached hydrogens (tertiary/aromatic N) is 4. The largest absolute Gasteiger partial charge is 0.368 e. The number of hydrogen-bond donors (Lipinski definition) is 2. The highest BCUT2D eigenvalue weighted by Crippen LogP contribution is 2.22. The van der Waals surface area contributed by atoms with Crippen LogP contribution in [-0.4, -0.2) is 19.6 Å². The highest BCUT2D eigenvalue weighted by atomic mass is 19.1. The van der Waals surface area contributed by atoms with Crippen molar-refractivity contribution < 1.29 is 4.39 Å². The van der Waals surface area contributed by atoms with Crippen LogP contribution in [0.1, 0.15) is 0 Å². The molecule has 4 rings (SSSR count). The van der Waals surface area contributed by atoms with E-state index in [0.29, 0.717) is 17.3 Å². The molecule has 0 bridgehead atoms. The summed E-state index contributed by atoms with van der Waals surface area (Å²) < 4.78 is 14.6. The Morgan fingerprint density at radius 1 is 0.958 bits per heavy atom. The first-order valence-electron chi connectivity index (χ1n) is 7.30. The Bertz CT molecular complexity index is 995. The van der Waals surface area contributed by atoms with E-state index in [1.54, 1.807) is 16.6 Å². The molecule has 2 aromatic heterocycles. The van der Waals surface area contributed by atoms with Gasteiger partial charge in [-0.15, -0.1) is 0 Å². The predicted molar refractivity (Wildman–Crippen MR) is 90.3 cm³/mol. The first-order chi connectivity index (χ1) is 11.7. The summed E-state index contributed by atoms with van der Waals surface area (Å²) in [5.74, 6) is 0.233. The van der Waals surface area contributed by atoms with Crippen LogP contribution in [0.5, 0.6) is 0 Å². The highest BCUT2D eigenvalue weighted by Gasteiger charge is 2.11. The minimum atomic E-state index is -0.307. The molecule has 0 aliphatic heterocycles. The van der Waals surface area contributed by atoms with Gasteiger partial charge >= 0.3 is 0 Å². The number of nitrogens with two attached hydrogens (primary N) is 1. The third-order valence-corrected chi connectivity index (χ3v) is 3.51. The van der Waals surface area contributed by atoms with Gasteiger partial charge in [0.2, 0.25) is 11.9 Å². The second-order valence-electron chi connectivity index (χ2n) is 5.20. The molecule has 2 heterocycles. The summed E-state index contributed by atoms with van der Waals surface area (Å²) in [6, 6.07) is 17.5. The molecule has 0 spiro atoms. The van der Waals surface area contributed by atoms with Gasteiger partial charge in [-0.3, -0.25) is 0 Å². The lowest BCUT2D eigenvalue weighted by molar-refractivity contribution is 0.628. The molecule has 3 N–H and O–H groups in total. The molecule has 0 saturated carbocycles. The zero-order valence-electron chi connectivity index (χ0n) is 12.5. The zero-order chi connectivity index (χ0) is 16.5. The molecule has 6 nitrogen and oxygen atoms in total. The van der Waals surface area contributed by atoms with Crippen molar-refractivity contribution in [2.75, 3.05) is 11.1 Å². The monoisotopic (exact) mass is 320 g/mol. The lowest BCUT2D eigenvalue weighted by Gasteiger charge is -2.07. The van der Waals surface area contributed by atoms with Crippen LogP contribution in [0.25, 0.3) is 16.9 Å². The minimum Gasteiger partial charge on any atom is -0.368 e. The SMILES string of the molecule is Nc1nc(Nc2ccc(F)cc2)n2nc(-c3ccccc3)cc2n1. The number of hydrogen-bond acceptors (Lipinski definition) is 5. The van der Waals surface area contributed by atoms with Gasteiger partial charge in [0.15, 0.2) is 5.65 Å². The molecule has 0 fully saturated rings. The third kappa shape index (κ3) is 2.63. The number of nitrogens with one attached hydrogen (secondary N) is 1. The van der Waals surface area contributed by atoms with Gasteiger partial charge in [-0.25, -0.2) is 4.39 Å². The van der Waals surface area contributed by atoms with Crippen molar-refractivity contribution in [3.05, 3.63) is 66.5 Å². The molecule has 118 valence electrons. The normalized spacial score (nSPS) is 10.9. The number of aromatic nitrogens is 4. The molecule has 4 aromatic rings. The molecule has 0 radical (unpaired) electrons. The number of nitrogen functional groups attached to an aromatic ring is 1. The fourth-order valence-electron chi connectivity index (χ4n) is 2.40. The Hall–Kier alpha value is -3.48. The van der Waals surface area contributed by atoms with Crippen molar-refractivity contribution in [3.8, 4) is 11.3 Å². The number of rotatable bonds is 3. The van der Waals surface area contributed by atoms with Crippen LogP contribution in [0.15, 0.2) is 60.7 Å². The summed E-state index contributed by atoms with van der Waals surface area (Å²) in [5.41, 5.74) is 8.76. The average molecular weight is 320 g/mol. The van der Waals surface area contributed by atoms with Crippen LogP contribution in [0.4, 0.5) is 22.0 Å². The van der Waals surface area contributed by atoms with Gasteiger partial charge < -0.3 is 11.1 Å². The van der Waals surface area contributed by atoms with Crippen LogP contribution >= 0.6 is 0 Å². The van der Waals surface area contributed by atoms with Gasteiger partial charge in [0.05, 0.1) is 5.69 Å². The molecule has 0 aliphatic carbocycles. The second kappa shape index (κ2) is 5.62. The van der Waals surface area contributed by atoms with Crippen LogP contribution < -0.4 is 11.1 Å². The average Bonchev–Trinajstić information content (AvgIpc) is 3.02. The van der Waals surface area contributed by atoms with Gasteiger partial charge in [0.1, 0.15) is 5.82 Å². The summed E-state index contributed by atoms with van der Waals surface area (Å²) in [6.07, 6.45) is 0. The van der Waals surface area contributed by atoms with E-state index >= 15 is 0 Å². The Balaban J connectivity index is 1.80. The van der Waals surface area contributed by atoms with E-state index in [9.17, 15) is 4.39 Å². The molecule has 0 aliphatic rings. The first-order valence-corrected chi connectivity index (χ1v) is 7.30. The Labute approximate surface area is 136 Å². The highest BCUT2D eigenvalue weighted by molar-refractivity contribution is 5.66. The Morgan fingerprint density at radius 2 is 1.71 bits per heavy atom. The number of fused-ring (bicyclic) bond motifs is 1. The maximum atomic E-state index is 13.0. The first kappa shape index (κ1) is 14.1. The standard InChI is InChI=1S/C17H13FN6/c18-12-6-8-13(9-7-12)20-17-22-16(19)21-15-10-14(23-24(15)17)11-4-2-1-3-5-11/h1-10H,(H3,19,20,21,22). The summed E-state index contributed by atoms with van der Waals surface area (Å²) in [4.78, 5) is 8.39. The maximum Gasteiger partial charge on any atom is 0.233 e. The summed E-state index contributed by atoms with van der Waals surface area (Å²) in [6.45, 7) is 0. The minimum absolute atomic E-state index is 0.131. The molecule has 7 heteroatoms. The molecular weight excluding hydrogens is 307 g/mol. The number of anilines is 3. The van der Waals surface area contributed by atoms with Gasteiger partial charge in [-0.1, -0.05) is 30.3 Å². The lowest BCUT2D eigenvalue weighted by atomic mass is 10.2. The van der Waals surface area contributed by atoms with Crippen molar-refractivity contribution in [2.45, 2.75) is 0 Å². The van der Waals surface area contributed by atoms with Crippen molar-refractivity contribution in [1.29, 1.82) is 0 Å². The van der Waals surface area contributed by atoms with Crippen molar-refractivity contribution in [3.63, 3.8) is 0 Å². The maximum absolute atomic E-state index is 13.0. The van der Waals surface area contributed by atoms with E-state index in [2.05, 4.69) is 20.4 Å². The van der Waals surface area contributed by atoms with Gasteiger partial charge in [-0.2, -0.15) is 19.6 Å². The smallest absolute Gasteiger partial charge is 0.233 e. The van der Waals surface area contributed by atoms with Gasteiger partial charge in [-0.05, 0) is 24.3 Å². The molecular formula is C17H13FN6. The van der Waals surface area contributed by atoms with E-state index < -0.39 is 0 Å². The van der Waals surface area contributed by atoms with Crippen LogP contribution in [0, 0.1) is 5.82 Å². The Kier molecular flexibility index (Phi) is 3.31. The quantitative estimate of drug-likeness (QED) is 0.605. The van der Waals surface area contributed by atoms with E-state index in [4.69, 9.17) is 5.73 Å². The van der Waals surface area contributed by atoms with Crippen molar-refractivity contribution in [2.24, 2.45) is 0 Å². The Morgan fingerprint density at radius 3 is 2.46 bits per heavy atom. The van der Waals surface area contributed by atoms with Gasteiger partial charge in [0, 0.05) is 17.3 Å². The molecule has 0 atom stereocenters. The predicted octanol–water partition coefficient (Wildman–Crippen LogP) is 3.26. The molecule has 0 amide bonds. The van der Waals surface area contributed by atoms with Crippen LogP contribution in [0.2, 0.25) is 0 Å². The van der Waals surface area contributed by atoms with Crippen molar-refractivity contribution >= 4 is 23.2 Å². The van der Waals surface area contributed by atoms with E-state index in [1.165, 1.54) is 12.1 Å². The van der Waals surface area contributed by atoms with Crippen LogP contribution in [-0.2, 0) is 0 Å². The third-order valence-electron chi connectivity index (χ3n) is 3.51. The molecule has 2 aromatic carbocycles. The lowest BCUT2D eigenvalue weighted by Crippen LogP contribution is -2.07. The summed E-state index contributed by atoms with van der Waals surface area (Å²) >= 11 is 0.